The minimum absolute atomic E-state index is 0.225. The Balaban J connectivity index is 2.03. The maximum absolute atomic E-state index is 4.10. The molecule has 2 nitrogen and oxygen atoms in total. The van der Waals surface area contributed by atoms with E-state index >= 15 is 0 Å². The fraction of sp³-hybridized carbons (Fsp3) is 0.235. The summed E-state index contributed by atoms with van der Waals surface area (Å²) in [7, 11) is 0. The molecule has 0 aliphatic rings. The highest BCUT2D eigenvalue weighted by Crippen LogP contribution is 2.21. The van der Waals surface area contributed by atoms with Crippen LogP contribution in [-0.2, 0) is 0 Å². The van der Waals surface area contributed by atoms with Gasteiger partial charge >= 0.3 is 0 Å². The summed E-state index contributed by atoms with van der Waals surface area (Å²) in [5, 5.41) is 3.63. The van der Waals surface area contributed by atoms with E-state index in [0.717, 1.165) is 18.1 Å². The van der Waals surface area contributed by atoms with E-state index < -0.39 is 0 Å². The molecule has 3 heteroatoms. The zero-order valence-electron chi connectivity index (χ0n) is 11.5. The zero-order valence-corrected chi connectivity index (χ0v) is 12.4. The molecule has 1 N–H and O–H groups in total. The SMILES string of the molecule is C=CCSCCNC(c1ccccc1)c1ccncc1. The molecule has 0 spiro atoms. The molecule has 0 bridgehead atoms. The average Bonchev–Trinajstić information content (AvgIpc) is 2.53. The van der Waals surface area contributed by atoms with E-state index in [1.807, 2.05) is 36.3 Å². The van der Waals surface area contributed by atoms with Crippen molar-refractivity contribution in [2.45, 2.75) is 6.04 Å². The number of aromatic nitrogens is 1. The van der Waals surface area contributed by atoms with Gasteiger partial charge in [-0.25, -0.2) is 0 Å². The third-order valence-electron chi connectivity index (χ3n) is 3.00. The lowest BCUT2D eigenvalue weighted by Crippen LogP contribution is -2.24. The first-order valence-corrected chi connectivity index (χ1v) is 7.94. The smallest absolute Gasteiger partial charge is 0.0578 e. The van der Waals surface area contributed by atoms with Gasteiger partial charge in [0.2, 0.25) is 0 Å². The van der Waals surface area contributed by atoms with Crippen LogP contribution < -0.4 is 5.32 Å². The van der Waals surface area contributed by atoms with E-state index in [0.29, 0.717) is 0 Å². The van der Waals surface area contributed by atoms with Crippen LogP contribution in [0.5, 0.6) is 0 Å². The standard InChI is InChI=1S/C17H20N2S/c1-2-13-20-14-12-19-17(15-6-4-3-5-7-15)16-8-10-18-11-9-16/h2-11,17,19H,1,12-14H2. The number of hydrogen-bond donors (Lipinski definition) is 1. The molecule has 0 saturated heterocycles. The van der Waals surface area contributed by atoms with Gasteiger partial charge in [0.15, 0.2) is 0 Å². The van der Waals surface area contributed by atoms with Crippen LogP contribution in [0.25, 0.3) is 0 Å². The minimum atomic E-state index is 0.225. The van der Waals surface area contributed by atoms with Crippen LogP contribution in [0.15, 0.2) is 67.5 Å². The van der Waals surface area contributed by atoms with Gasteiger partial charge in [0, 0.05) is 30.4 Å². The predicted molar refractivity (Wildman–Crippen MR) is 88.0 cm³/mol. The number of nitrogens with zero attached hydrogens (tertiary/aromatic N) is 1. The number of nitrogens with one attached hydrogen (secondary N) is 1. The Morgan fingerprint density at radius 2 is 1.80 bits per heavy atom. The van der Waals surface area contributed by atoms with Crippen LogP contribution in [-0.4, -0.2) is 23.0 Å². The van der Waals surface area contributed by atoms with Crippen LogP contribution in [0.1, 0.15) is 17.2 Å². The Morgan fingerprint density at radius 3 is 2.50 bits per heavy atom. The van der Waals surface area contributed by atoms with Crippen molar-refractivity contribution in [1.82, 2.24) is 10.3 Å². The summed E-state index contributed by atoms with van der Waals surface area (Å²) in [5.41, 5.74) is 2.53. The van der Waals surface area contributed by atoms with E-state index in [2.05, 4.69) is 53.3 Å². The largest absolute Gasteiger partial charge is 0.305 e. The Hall–Kier alpha value is -1.58. The fourth-order valence-corrected chi connectivity index (χ4v) is 2.67. The van der Waals surface area contributed by atoms with Crippen molar-refractivity contribution in [3.63, 3.8) is 0 Å². The second kappa shape index (κ2) is 8.56. The van der Waals surface area contributed by atoms with Crippen molar-refractivity contribution < 1.29 is 0 Å². The van der Waals surface area contributed by atoms with Crippen LogP contribution in [0, 0.1) is 0 Å². The molecular formula is C17H20N2S. The first-order chi connectivity index (χ1) is 9.92. The van der Waals surface area contributed by atoms with Gasteiger partial charge in [-0.15, -0.1) is 6.58 Å². The molecule has 0 aliphatic heterocycles. The molecule has 2 rings (SSSR count). The summed E-state index contributed by atoms with van der Waals surface area (Å²) in [6.07, 6.45) is 5.64. The first-order valence-electron chi connectivity index (χ1n) is 6.78. The van der Waals surface area contributed by atoms with Gasteiger partial charge < -0.3 is 5.32 Å². The van der Waals surface area contributed by atoms with Crippen LogP contribution >= 0.6 is 11.8 Å². The lowest BCUT2D eigenvalue weighted by Gasteiger charge is -2.19. The summed E-state index contributed by atoms with van der Waals surface area (Å²) in [6.45, 7) is 4.71. The molecule has 1 unspecified atom stereocenters. The Kier molecular flexibility index (Phi) is 6.35. The number of benzene rings is 1. The summed E-state index contributed by atoms with van der Waals surface area (Å²) < 4.78 is 0. The van der Waals surface area contributed by atoms with Crippen LogP contribution in [0.2, 0.25) is 0 Å². The summed E-state index contributed by atoms with van der Waals surface area (Å²) in [6, 6.07) is 14.9. The molecule has 1 aromatic carbocycles. The normalized spacial score (nSPS) is 12.0. The summed E-state index contributed by atoms with van der Waals surface area (Å²) in [5.74, 6) is 2.09. The van der Waals surface area contributed by atoms with Gasteiger partial charge in [0.1, 0.15) is 0 Å². The van der Waals surface area contributed by atoms with Crippen LogP contribution in [0.4, 0.5) is 0 Å². The average molecular weight is 284 g/mol. The minimum Gasteiger partial charge on any atom is -0.305 e. The number of rotatable bonds is 8. The number of thioether (sulfide) groups is 1. The van der Waals surface area contributed by atoms with E-state index in [1.165, 1.54) is 11.1 Å². The van der Waals surface area contributed by atoms with Crippen molar-refractivity contribution in [2.24, 2.45) is 0 Å². The van der Waals surface area contributed by atoms with Crippen molar-refractivity contribution in [1.29, 1.82) is 0 Å². The molecule has 0 saturated carbocycles. The van der Waals surface area contributed by atoms with E-state index in [1.54, 1.807) is 0 Å². The summed E-state index contributed by atoms with van der Waals surface area (Å²) >= 11 is 1.89. The highest BCUT2D eigenvalue weighted by molar-refractivity contribution is 7.99. The molecule has 0 fully saturated rings. The number of pyridine rings is 1. The Labute approximate surface area is 125 Å². The predicted octanol–water partition coefficient (Wildman–Crippen LogP) is 3.68. The topological polar surface area (TPSA) is 24.9 Å². The highest BCUT2D eigenvalue weighted by atomic mass is 32.2. The van der Waals surface area contributed by atoms with Crippen molar-refractivity contribution >= 4 is 11.8 Å². The molecule has 0 amide bonds. The van der Waals surface area contributed by atoms with Crippen LogP contribution in [0.3, 0.4) is 0 Å². The van der Waals surface area contributed by atoms with Gasteiger partial charge in [0.05, 0.1) is 6.04 Å². The molecule has 0 radical (unpaired) electrons. The van der Waals surface area contributed by atoms with Gasteiger partial charge in [-0.2, -0.15) is 11.8 Å². The maximum Gasteiger partial charge on any atom is 0.0578 e. The van der Waals surface area contributed by atoms with Gasteiger partial charge in [-0.1, -0.05) is 36.4 Å². The molecule has 1 atom stereocenters. The van der Waals surface area contributed by atoms with Gasteiger partial charge in [0.25, 0.3) is 0 Å². The molecule has 0 aliphatic carbocycles. The maximum atomic E-state index is 4.10. The highest BCUT2D eigenvalue weighted by Gasteiger charge is 2.12. The second-order valence-corrected chi connectivity index (χ2v) is 5.59. The summed E-state index contributed by atoms with van der Waals surface area (Å²) in [4.78, 5) is 4.10. The lowest BCUT2D eigenvalue weighted by atomic mass is 10.00. The second-order valence-electron chi connectivity index (χ2n) is 4.44. The van der Waals surface area contributed by atoms with Crippen molar-refractivity contribution in [3.05, 3.63) is 78.6 Å². The zero-order chi connectivity index (χ0) is 14.0. The van der Waals surface area contributed by atoms with Gasteiger partial charge in [-0.05, 0) is 23.3 Å². The van der Waals surface area contributed by atoms with E-state index in [-0.39, 0.29) is 6.04 Å². The lowest BCUT2D eigenvalue weighted by molar-refractivity contribution is 0.633. The third-order valence-corrected chi connectivity index (χ3v) is 3.97. The monoisotopic (exact) mass is 284 g/mol. The van der Waals surface area contributed by atoms with Crippen molar-refractivity contribution in [3.8, 4) is 0 Å². The fourth-order valence-electron chi connectivity index (χ4n) is 2.07. The first kappa shape index (κ1) is 14.8. The number of hydrogen-bond acceptors (Lipinski definition) is 3. The molecule has 1 aromatic heterocycles. The molecular weight excluding hydrogens is 264 g/mol. The van der Waals surface area contributed by atoms with Gasteiger partial charge in [-0.3, -0.25) is 4.98 Å². The van der Waals surface area contributed by atoms with Crippen molar-refractivity contribution in [2.75, 3.05) is 18.1 Å². The quantitative estimate of drug-likeness (QED) is 0.591. The molecule has 104 valence electrons. The molecule has 20 heavy (non-hydrogen) atoms. The third kappa shape index (κ3) is 4.51. The molecule has 1 heterocycles. The molecule has 2 aromatic rings. The van der Waals surface area contributed by atoms with E-state index in [9.17, 15) is 0 Å². The van der Waals surface area contributed by atoms with E-state index in [4.69, 9.17) is 0 Å². The Bertz CT molecular complexity index is 459. The Morgan fingerprint density at radius 1 is 1.10 bits per heavy atom.